The maximum Gasteiger partial charge on any atom is 0.325 e. The second kappa shape index (κ2) is 25.5. The van der Waals surface area contributed by atoms with Gasteiger partial charge in [0.2, 0.25) is 41.4 Å². The van der Waals surface area contributed by atoms with Crippen molar-refractivity contribution in [2.45, 2.75) is 115 Å². The predicted octanol–water partition coefficient (Wildman–Crippen LogP) is -2.51. The number of likely N-dealkylation sites (tertiary alicyclic amines) is 1. The Kier molecular flexibility index (Phi) is 20.6. The fraction of sp³-hybridized carbons (Fsp3) is 0.571. The zero-order valence-corrected chi connectivity index (χ0v) is 37.7. The highest BCUT2D eigenvalue weighted by molar-refractivity contribution is 5.98. The summed E-state index contributed by atoms with van der Waals surface area (Å²) in [6, 6.07) is -2.43. The number of hydrogen-bond acceptors (Lipinski definition) is 12. The Bertz CT molecular complexity index is 1970. The number of carboxylic acid groups (broad SMARTS) is 1. The average molecular weight is 912 g/mol. The Morgan fingerprint density at radius 2 is 1.42 bits per heavy atom. The number of imidazole rings is 1. The van der Waals surface area contributed by atoms with Gasteiger partial charge in [-0.15, -0.1) is 0 Å². The van der Waals surface area contributed by atoms with E-state index in [1.807, 2.05) is 0 Å². The molecular formula is C42H65N13O10. The summed E-state index contributed by atoms with van der Waals surface area (Å²) in [7, 11) is 1.57. The molecule has 7 atom stereocenters. The van der Waals surface area contributed by atoms with Crippen LogP contribution in [0.3, 0.4) is 0 Å². The number of carbonyl (C=O) groups excluding carboxylic acids is 7. The van der Waals surface area contributed by atoms with Crippen LogP contribution in [0, 0.1) is 11.8 Å². The van der Waals surface area contributed by atoms with Crippen LogP contribution in [0.2, 0.25) is 0 Å². The number of phenolic OH excluding ortho intramolecular Hbond substituents is 1. The van der Waals surface area contributed by atoms with Crippen LogP contribution in [-0.2, 0) is 51.2 Å². The van der Waals surface area contributed by atoms with Crippen LogP contribution in [-0.4, -0.2) is 147 Å². The molecule has 2 heterocycles. The van der Waals surface area contributed by atoms with Crippen molar-refractivity contribution in [3.63, 3.8) is 0 Å². The molecule has 14 N–H and O–H groups in total. The third kappa shape index (κ3) is 16.7. The van der Waals surface area contributed by atoms with E-state index in [-0.39, 0.29) is 57.0 Å². The second-order valence-electron chi connectivity index (χ2n) is 16.6. The second-order valence-corrected chi connectivity index (χ2v) is 16.6. The van der Waals surface area contributed by atoms with Gasteiger partial charge in [-0.3, -0.25) is 43.3 Å². The number of benzene rings is 1. The minimum Gasteiger partial charge on any atom is -0.508 e. The Morgan fingerprint density at radius 1 is 0.815 bits per heavy atom. The van der Waals surface area contributed by atoms with E-state index in [9.17, 15) is 48.6 Å². The number of H-pyrrole nitrogens is 1. The van der Waals surface area contributed by atoms with E-state index in [1.54, 1.807) is 46.9 Å². The lowest BCUT2D eigenvalue weighted by molar-refractivity contribution is -0.144. The number of nitrogens with zero attached hydrogens (tertiary/aromatic N) is 3. The van der Waals surface area contributed by atoms with Crippen molar-refractivity contribution < 1.29 is 48.6 Å². The molecule has 1 aliphatic heterocycles. The summed E-state index contributed by atoms with van der Waals surface area (Å²) in [5.41, 5.74) is 11.9. The largest absolute Gasteiger partial charge is 0.508 e. The molecule has 0 radical (unpaired) electrons. The first-order valence-corrected chi connectivity index (χ1v) is 21.5. The highest BCUT2D eigenvalue weighted by Crippen LogP contribution is 2.20. The van der Waals surface area contributed by atoms with Gasteiger partial charge < -0.3 is 68.8 Å². The number of likely N-dealkylation sites (N-methyl/N-ethyl adjacent to an activating group) is 1. The molecule has 1 saturated heterocycles. The third-order valence-corrected chi connectivity index (χ3v) is 10.6. The van der Waals surface area contributed by atoms with Gasteiger partial charge in [-0.25, -0.2) is 4.98 Å². The van der Waals surface area contributed by atoms with Crippen molar-refractivity contribution in [1.82, 2.24) is 52.1 Å². The van der Waals surface area contributed by atoms with Gasteiger partial charge in [-0.05, 0) is 69.2 Å². The van der Waals surface area contributed by atoms with E-state index < -0.39 is 101 Å². The Balaban J connectivity index is 1.88. The van der Waals surface area contributed by atoms with Crippen molar-refractivity contribution >= 4 is 53.3 Å². The summed E-state index contributed by atoms with van der Waals surface area (Å²) in [6.07, 6.45) is 3.84. The van der Waals surface area contributed by atoms with Gasteiger partial charge in [0.25, 0.3) is 0 Å². The molecule has 1 aromatic heterocycles. The molecule has 1 aromatic carbocycles. The van der Waals surface area contributed by atoms with E-state index in [1.165, 1.54) is 36.5 Å². The number of aromatic hydroxyl groups is 1. The summed E-state index contributed by atoms with van der Waals surface area (Å²) >= 11 is 0. The normalized spacial score (nSPS) is 16.2. The number of nitrogens with one attached hydrogen (secondary N) is 8. The molecule has 1 aliphatic rings. The summed E-state index contributed by atoms with van der Waals surface area (Å²) < 4.78 is 0. The third-order valence-electron chi connectivity index (χ3n) is 10.6. The molecule has 0 unspecified atom stereocenters. The van der Waals surface area contributed by atoms with E-state index in [0.29, 0.717) is 24.1 Å². The first-order valence-electron chi connectivity index (χ1n) is 21.5. The van der Waals surface area contributed by atoms with Crippen LogP contribution >= 0.6 is 0 Å². The minimum atomic E-state index is -1.34. The van der Waals surface area contributed by atoms with Crippen LogP contribution in [0.4, 0.5) is 0 Å². The molecule has 0 bridgehead atoms. The number of carboxylic acids is 1. The fourth-order valence-corrected chi connectivity index (χ4v) is 7.05. The summed E-state index contributed by atoms with van der Waals surface area (Å²) in [4.78, 5) is 120. The van der Waals surface area contributed by atoms with Crippen molar-refractivity contribution in [3.8, 4) is 5.75 Å². The molecule has 1 fully saturated rings. The van der Waals surface area contributed by atoms with Gasteiger partial charge >= 0.3 is 5.97 Å². The Morgan fingerprint density at radius 3 is 1.95 bits per heavy atom. The van der Waals surface area contributed by atoms with Gasteiger partial charge in [0.05, 0.1) is 12.9 Å². The Labute approximate surface area is 377 Å². The number of aliphatic carboxylic acids is 1. The van der Waals surface area contributed by atoms with Crippen LogP contribution in [0.1, 0.15) is 71.6 Å². The van der Waals surface area contributed by atoms with E-state index >= 15 is 0 Å². The maximum atomic E-state index is 14.3. The summed E-state index contributed by atoms with van der Waals surface area (Å²) in [5, 5.41) is 37.9. The molecule has 65 heavy (non-hydrogen) atoms. The number of carbonyl (C=O) groups is 8. The maximum absolute atomic E-state index is 14.3. The van der Waals surface area contributed by atoms with Gasteiger partial charge in [0.1, 0.15) is 48.0 Å². The highest BCUT2D eigenvalue weighted by atomic mass is 16.4. The van der Waals surface area contributed by atoms with Crippen LogP contribution in [0.25, 0.3) is 0 Å². The summed E-state index contributed by atoms with van der Waals surface area (Å²) in [6.45, 7) is 8.27. The number of aromatic amines is 1. The van der Waals surface area contributed by atoms with Gasteiger partial charge in [-0.2, -0.15) is 0 Å². The molecule has 3 rings (SSSR count). The quantitative estimate of drug-likeness (QED) is 0.0278. The average Bonchev–Trinajstić information content (AvgIpc) is 3.95. The molecular weight excluding hydrogens is 847 g/mol. The Hall–Kier alpha value is -6.78. The number of phenols is 1. The van der Waals surface area contributed by atoms with Crippen LogP contribution in [0.5, 0.6) is 5.75 Å². The van der Waals surface area contributed by atoms with E-state index in [4.69, 9.17) is 11.5 Å². The SMILES string of the molecule is CNCC(=O)N[C@@H](CCCN=C(N)N)C(=O)N[C@@H](C(=O)N[C@H](Cc1ccc(O)cc1)C(=O)N[C@H](C(=O)N[C@H](Cc1cnc[nH]1)C(=O)N1CCC[C@H]1C(=O)N[C@H](C)C(=O)O)C(C)C)C(C)C. The highest BCUT2D eigenvalue weighted by Gasteiger charge is 2.40. The van der Waals surface area contributed by atoms with Gasteiger partial charge in [0, 0.05) is 37.8 Å². The number of hydrogen-bond donors (Lipinski definition) is 12. The van der Waals surface area contributed by atoms with Crippen LogP contribution in [0.15, 0.2) is 41.8 Å². The molecule has 23 heteroatoms. The molecule has 2 aromatic rings. The molecule has 23 nitrogen and oxygen atoms in total. The van der Waals surface area contributed by atoms with Gasteiger partial charge in [0.15, 0.2) is 5.96 Å². The number of nitrogens with two attached hydrogens (primary N) is 2. The monoisotopic (exact) mass is 911 g/mol. The molecule has 7 amide bonds. The van der Waals surface area contributed by atoms with Crippen LogP contribution < -0.4 is 48.7 Å². The van der Waals surface area contributed by atoms with E-state index in [0.717, 1.165) is 0 Å². The fourth-order valence-electron chi connectivity index (χ4n) is 7.05. The lowest BCUT2D eigenvalue weighted by Crippen LogP contribution is -2.61. The van der Waals surface area contributed by atoms with Crippen molar-refractivity contribution in [1.29, 1.82) is 0 Å². The number of aliphatic imine (C=N–C) groups is 1. The molecule has 0 saturated carbocycles. The standard InChI is InChI=1S/C42H65N13O10/c1-22(2)33(53-35(58)28(50-32(57)20-45-6)9-7-15-47-42(43)44)38(61)51-29(17-25-11-13-27(56)14-12-25)36(59)54-34(23(3)4)39(62)52-30(18-26-19-46-21-48-26)40(63)55-16-8-10-31(55)37(60)49-24(5)41(64)65/h11-14,19,21-24,28-31,33-34,45,56H,7-10,15-18,20H2,1-6H3,(H,46,48)(H,49,60)(H,50,57)(H,51,61)(H,52,62)(H,53,58)(H,54,59)(H,64,65)(H4,43,44,47)/t24-,28+,29-,30-,31+,33-,34+/m1/s1. The topological polar surface area (TPSA) is 358 Å². The van der Waals surface area contributed by atoms with Crippen molar-refractivity contribution in [3.05, 3.63) is 48.0 Å². The van der Waals surface area contributed by atoms with Crippen molar-refractivity contribution in [2.24, 2.45) is 28.3 Å². The molecule has 358 valence electrons. The first-order chi connectivity index (χ1) is 30.7. The number of amides is 7. The number of aromatic nitrogens is 2. The minimum absolute atomic E-state index is 0.0393. The lowest BCUT2D eigenvalue weighted by Gasteiger charge is -2.31. The van der Waals surface area contributed by atoms with Gasteiger partial charge in [-0.1, -0.05) is 39.8 Å². The number of rotatable bonds is 25. The predicted molar refractivity (Wildman–Crippen MR) is 237 cm³/mol. The number of guanidine groups is 1. The van der Waals surface area contributed by atoms with Crippen molar-refractivity contribution in [2.75, 3.05) is 26.7 Å². The smallest absolute Gasteiger partial charge is 0.325 e. The first kappa shape index (κ1) is 52.6. The van der Waals surface area contributed by atoms with E-state index in [2.05, 4.69) is 52.2 Å². The lowest BCUT2D eigenvalue weighted by atomic mass is 9.98. The molecule has 0 spiro atoms. The molecule has 0 aliphatic carbocycles. The zero-order valence-electron chi connectivity index (χ0n) is 37.7. The summed E-state index contributed by atoms with van der Waals surface area (Å²) in [5.74, 6) is -7.20. The zero-order chi connectivity index (χ0) is 48.4.